The maximum Gasteiger partial charge on any atom is 0.276 e. The summed E-state index contributed by atoms with van der Waals surface area (Å²) < 4.78 is 2.36. The van der Waals surface area contributed by atoms with Crippen LogP contribution in [0, 0.1) is 0 Å². The number of carbonyl (C=O) groups is 1. The highest BCUT2D eigenvalue weighted by Gasteiger charge is 2.19. The number of nitrogens with zero attached hydrogens (tertiary/aromatic N) is 3. The van der Waals surface area contributed by atoms with Crippen LogP contribution in [0.25, 0.3) is 0 Å². The number of aromatic nitrogens is 2. The van der Waals surface area contributed by atoms with Crippen molar-refractivity contribution in [1.29, 1.82) is 0 Å². The number of nitrogen functional groups attached to an aromatic ring is 1. The number of amides is 1. The third-order valence-corrected chi connectivity index (χ3v) is 3.90. The number of carbonyl (C=O) groups excluding carboxylic acids is 1. The first-order valence-corrected chi connectivity index (χ1v) is 7.03. The lowest BCUT2D eigenvalue weighted by Gasteiger charge is -2.14. The molecule has 0 aromatic carbocycles. The molecule has 0 bridgehead atoms. The molecule has 5 nitrogen and oxygen atoms in total. The highest BCUT2D eigenvalue weighted by molar-refractivity contribution is 7.16. The molecule has 1 amide bonds. The number of aryl methyl sites for hydroxylation is 1. The minimum Gasteiger partial charge on any atom is -0.396 e. The summed E-state index contributed by atoms with van der Waals surface area (Å²) in [6.07, 6.45) is 1.67. The number of thiophene rings is 1. The van der Waals surface area contributed by atoms with Gasteiger partial charge in [0.1, 0.15) is 0 Å². The molecule has 2 N–H and O–H groups in total. The van der Waals surface area contributed by atoms with Crippen molar-refractivity contribution in [3.05, 3.63) is 33.2 Å². The van der Waals surface area contributed by atoms with Gasteiger partial charge in [0.25, 0.3) is 5.91 Å². The lowest BCUT2D eigenvalue weighted by molar-refractivity contribution is 0.0780. The number of rotatable bonds is 4. The van der Waals surface area contributed by atoms with Crippen molar-refractivity contribution >= 4 is 34.5 Å². The number of anilines is 1. The molecule has 0 aliphatic rings. The number of halogens is 1. The van der Waals surface area contributed by atoms with Gasteiger partial charge in [-0.15, -0.1) is 11.3 Å². The van der Waals surface area contributed by atoms with Crippen LogP contribution in [0.15, 0.2) is 18.3 Å². The Morgan fingerprint density at radius 2 is 2.32 bits per heavy atom. The molecule has 0 unspecified atom stereocenters. The molecule has 0 saturated heterocycles. The molecule has 0 radical (unpaired) electrons. The first-order chi connectivity index (χ1) is 9.01. The summed E-state index contributed by atoms with van der Waals surface area (Å²) in [6, 6.07) is 3.73. The van der Waals surface area contributed by atoms with E-state index in [-0.39, 0.29) is 5.91 Å². The fourth-order valence-corrected chi connectivity index (χ4v) is 2.83. The third kappa shape index (κ3) is 3.08. The zero-order valence-corrected chi connectivity index (χ0v) is 12.3. The average molecular weight is 299 g/mol. The Morgan fingerprint density at radius 3 is 2.84 bits per heavy atom. The Hall–Kier alpha value is -1.53. The van der Waals surface area contributed by atoms with Crippen molar-refractivity contribution in [1.82, 2.24) is 14.7 Å². The molecular weight excluding hydrogens is 284 g/mol. The third-order valence-electron chi connectivity index (χ3n) is 2.69. The Balaban J connectivity index is 2.12. The molecule has 102 valence electrons. The predicted molar refractivity (Wildman–Crippen MR) is 77.4 cm³/mol. The van der Waals surface area contributed by atoms with Crippen LogP contribution in [-0.2, 0) is 13.1 Å². The molecule has 2 heterocycles. The van der Waals surface area contributed by atoms with Crippen molar-refractivity contribution in [3.8, 4) is 0 Å². The largest absolute Gasteiger partial charge is 0.396 e. The molecule has 7 heteroatoms. The van der Waals surface area contributed by atoms with Crippen LogP contribution in [0.4, 0.5) is 5.69 Å². The van der Waals surface area contributed by atoms with Crippen LogP contribution >= 0.6 is 22.9 Å². The molecule has 0 aliphatic carbocycles. The van der Waals surface area contributed by atoms with E-state index in [0.717, 1.165) is 4.88 Å². The molecule has 19 heavy (non-hydrogen) atoms. The van der Waals surface area contributed by atoms with Gasteiger partial charge in [0.05, 0.1) is 16.6 Å². The van der Waals surface area contributed by atoms with E-state index in [2.05, 4.69) is 5.10 Å². The molecule has 0 fully saturated rings. The van der Waals surface area contributed by atoms with E-state index < -0.39 is 0 Å². The zero-order chi connectivity index (χ0) is 14.0. The Morgan fingerprint density at radius 1 is 1.58 bits per heavy atom. The second-order valence-corrected chi connectivity index (χ2v) is 5.96. The van der Waals surface area contributed by atoms with Crippen LogP contribution in [0.2, 0.25) is 4.34 Å². The monoisotopic (exact) mass is 298 g/mol. The maximum absolute atomic E-state index is 12.2. The van der Waals surface area contributed by atoms with Crippen molar-refractivity contribution in [3.63, 3.8) is 0 Å². The molecule has 0 atom stereocenters. The second kappa shape index (κ2) is 5.63. The number of hydrogen-bond acceptors (Lipinski definition) is 4. The molecule has 0 aliphatic heterocycles. The molecular formula is C12H15ClN4OS. The van der Waals surface area contributed by atoms with Crippen molar-refractivity contribution in [2.45, 2.75) is 20.0 Å². The standard InChI is InChI=1S/C12H15ClN4OS/c1-3-17-7-9(14)11(15-17)12(18)16(2)6-8-4-5-10(13)19-8/h4-5,7H,3,6,14H2,1-2H3. The fourth-order valence-electron chi connectivity index (χ4n) is 1.69. The first kappa shape index (κ1) is 13.9. The van der Waals surface area contributed by atoms with Gasteiger partial charge in [0.2, 0.25) is 0 Å². The van der Waals surface area contributed by atoms with E-state index in [4.69, 9.17) is 17.3 Å². The van der Waals surface area contributed by atoms with E-state index in [1.165, 1.54) is 11.3 Å². The summed E-state index contributed by atoms with van der Waals surface area (Å²) in [5.41, 5.74) is 6.51. The topological polar surface area (TPSA) is 64.2 Å². The maximum atomic E-state index is 12.2. The van der Waals surface area contributed by atoms with Gasteiger partial charge in [-0.1, -0.05) is 11.6 Å². The lowest BCUT2D eigenvalue weighted by atomic mass is 10.3. The normalized spacial score (nSPS) is 10.7. The van der Waals surface area contributed by atoms with Gasteiger partial charge < -0.3 is 10.6 Å². The summed E-state index contributed by atoms with van der Waals surface area (Å²) >= 11 is 7.32. The average Bonchev–Trinajstić information content (AvgIpc) is 2.94. The summed E-state index contributed by atoms with van der Waals surface area (Å²) in [5.74, 6) is -0.186. The molecule has 0 spiro atoms. The number of hydrogen-bond donors (Lipinski definition) is 1. The van der Waals surface area contributed by atoms with Crippen LogP contribution in [0.3, 0.4) is 0 Å². The SMILES string of the molecule is CCn1cc(N)c(C(=O)N(C)Cc2ccc(Cl)s2)n1. The summed E-state index contributed by atoms with van der Waals surface area (Å²) in [6.45, 7) is 3.12. The van der Waals surface area contributed by atoms with Crippen molar-refractivity contribution in [2.24, 2.45) is 0 Å². The fraction of sp³-hybridized carbons (Fsp3) is 0.333. The van der Waals surface area contributed by atoms with Crippen LogP contribution in [0.1, 0.15) is 22.3 Å². The summed E-state index contributed by atoms with van der Waals surface area (Å²) in [7, 11) is 1.72. The first-order valence-electron chi connectivity index (χ1n) is 5.84. The molecule has 2 aromatic heterocycles. The van der Waals surface area contributed by atoms with Gasteiger partial charge in [-0.2, -0.15) is 5.10 Å². The van der Waals surface area contributed by atoms with E-state index in [0.29, 0.717) is 28.8 Å². The van der Waals surface area contributed by atoms with E-state index in [1.807, 2.05) is 19.1 Å². The summed E-state index contributed by atoms with van der Waals surface area (Å²) in [5, 5.41) is 4.17. The van der Waals surface area contributed by atoms with Gasteiger partial charge in [-0.3, -0.25) is 9.48 Å². The van der Waals surface area contributed by atoms with E-state index >= 15 is 0 Å². The van der Waals surface area contributed by atoms with Gasteiger partial charge in [-0.25, -0.2) is 0 Å². The lowest BCUT2D eigenvalue weighted by Crippen LogP contribution is -2.27. The van der Waals surface area contributed by atoms with E-state index in [1.54, 1.807) is 22.8 Å². The summed E-state index contributed by atoms with van der Waals surface area (Å²) in [4.78, 5) is 14.9. The van der Waals surface area contributed by atoms with Gasteiger partial charge >= 0.3 is 0 Å². The molecule has 2 aromatic rings. The molecule has 2 rings (SSSR count). The van der Waals surface area contributed by atoms with Gasteiger partial charge in [-0.05, 0) is 19.1 Å². The van der Waals surface area contributed by atoms with Crippen molar-refractivity contribution < 1.29 is 4.79 Å². The Bertz CT molecular complexity index is 592. The van der Waals surface area contributed by atoms with Gasteiger partial charge in [0, 0.05) is 24.7 Å². The predicted octanol–water partition coefficient (Wildman–Crippen LogP) is 2.47. The molecule has 0 saturated carbocycles. The Labute approximate surface area is 120 Å². The minimum absolute atomic E-state index is 0.186. The second-order valence-electron chi connectivity index (χ2n) is 4.16. The number of nitrogens with two attached hydrogens (primary N) is 1. The Kier molecular flexibility index (Phi) is 4.11. The van der Waals surface area contributed by atoms with Crippen LogP contribution in [-0.4, -0.2) is 27.6 Å². The highest BCUT2D eigenvalue weighted by atomic mass is 35.5. The smallest absolute Gasteiger partial charge is 0.276 e. The minimum atomic E-state index is -0.186. The highest BCUT2D eigenvalue weighted by Crippen LogP contribution is 2.23. The van der Waals surface area contributed by atoms with E-state index in [9.17, 15) is 4.79 Å². The van der Waals surface area contributed by atoms with Crippen LogP contribution in [0.5, 0.6) is 0 Å². The van der Waals surface area contributed by atoms with Crippen LogP contribution < -0.4 is 5.73 Å². The zero-order valence-electron chi connectivity index (χ0n) is 10.8. The van der Waals surface area contributed by atoms with Crippen molar-refractivity contribution in [2.75, 3.05) is 12.8 Å². The van der Waals surface area contributed by atoms with Gasteiger partial charge in [0.15, 0.2) is 5.69 Å². The quantitative estimate of drug-likeness (QED) is 0.943.